The lowest BCUT2D eigenvalue weighted by atomic mass is 9.93. The molecular formula is C34H47N2O6P. The van der Waals surface area contributed by atoms with Gasteiger partial charge in [-0.2, -0.15) is 0 Å². The Kier molecular flexibility index (Phi) is 14.9. The van der Waals surface area contributed by atoms with E-state index in [0.717, 1.165) is 17.5 Å². The first-order valence-corrected chi connectivity index (χ1v) is 16.8. The summed E-state index contributed by atoms with van der Waals surface area (Å²) in [6, 6.07) is 26.3. The first-order chi connectivity index (χ1) is 20.8. The number of aliphatic hydroxyl groups excluding tert-OH is 1. The molecule has 0 heterocycles. The van der Waals surface area contributed by atoms with E-state index in [4.69, 9.17) is 19.5 Å². The second-order valence-corrected chi connectivity index (χ2v) is 12.8. The lowest BCUT2D eigenvalue weighted by Crippen LogP contribution is -2.48. The second kappa shape index (κ2) is 18.6. The average Bonchev–Trinajstić information content (AvgIpc) is 3.04. The van der Waals surface area contributed by atoms with Crippen molar-refractivity contribution in [3.8, 4) is 5.75 Å². The number of para-hydroxylation sites is 1. The van der Waals surface area contributed by atoms with Crippen molar-refractivity contribution < 1.29 is 28.3 Å². The summed E-state index contributed by atoms with van der Waals surface area (Å²) in [6.07, 6.45) is 9.72. The molecule has 0 saturated heterocycles. The molecule has 3 aromatic rings. The number of hydrogen-bond acceptors (Lipinski definition) is 7. The van der Waals surface area contributed by atoms with Gasteiger partial charge >= 0.3 is 13.7 Å². The SMILES string of the molecule is CCCCCCCCc1ccc(CCC(N)(CO)COP(=O)(NCC(=O)OCc2ccccc2)Oc2ccccc2)cc1. The van der Waals surface area contributed by atoms with Gasteiger partial charge in [-0.25, -0.2) is 9.65 Å². The van der Waals surface area contributed by atoms with Crippen molar-refractivity contribution in [3.05, 3.63) is 102 Å². The van der Waals surface area contributed by atoms with E-state index in [2.05, 4.69) is 36.3 Å². The summed E-state index contributed by atoms with van der Waals surface area (Å²) in [5.74, 6) is -0.325. The summed E-state index contributed by atoms with van der Waals surface area (Å²) in [7, 11) is -4.06. The highest BCUT2D eigenvalue weighted by molar-refractivity contribution is 7.52. The Balaban J connectivity index is 1.52. The van der Waals surface area contributed by atoms with Gasteiger partial charge in [-0.3, -0.25) is 9.32 Å². The molecule has 0 aliphatic rings. The number of rotatable bonds is 21. The maximum atomic E-state index is 13.7. The highest BCUT2D eigenvalue weighted by Gasteiger charge is 2.33. The van der Waals surface area contributed by atoms with Gasteiger partial charge in [-0.1, -0.05) is 112 Å². The number of hydrogen-bond donors (Lipinski definition) is 3. The number of aliphatic hydroxyl groups is 1. The van der Waals surface area contributed by atoms with Gasteiger partial charge in [0.15, 0.2) is 0 Å². The summed E-state index contributed by atoms with van der Waals surface area (Å²) in [5, 5.41) is 12.7. The van der Waals surface area contributed by atoms with Crippen LogP contribution in [0.5, 0.6) is 5.75 Å². The molecule has 0 amide bonds. The summed E-state index contributed by atoms with van der Waals surface area (Å²) in [4.78, 5) is 12.4. The van der Waals surface area contributed by atoms with Crippen LogP contribution in [-0.4, -0.2) is 36.4 Å². The van der Waals surface area contributed by atoms with E-state index in [1.807, 2.05) is 30.3 Å². The smallest absolute Gasteiger partial charge is 0.459 e. The molecule has 3 rings (SSSR count). The predicted molar refractivity (Wildman–Crippen MR) is 171 cm³/mol. The van der Waals surface area contributed by atoms with Crippen LogP contribution in [-0.2, 0) is 38.1 Å². The largest absolute Gasteiger partial charge is 0.460 e. The minimum Gasteiger partial charge on any atom is -0.460 e. The zero-order valence-electron chi connectivity index (χ0n) is 25.3. The summed E-state index contributed by atoms with van der Waals surface area (Å²) in [6.45, 7) is 1.28. The maximum Gasteiger partial charge on any atom is 0.459 e. The fourth-order valence-corrected chi connectivity index (χ4v) is 5.82. The monoisotopic (exact) mass is 610 g/mol. The number of benzene rings is 3. The van der Waals surface area contributed by atoms with Crippen LogP contribution < -0.4 is 15.3 Å². The lowest BCUT2D eigenvalue weighted by Gasteiger charge is -2.29. The van der Waals surface area contributed by atoms with E-state index in [9.17, 15) is 14.5 Å². The molecule has 3 aromatic carbocycles. The van der Waals surface area contributed by atoms with Crippen molar-refractivity contribution in [3.63, 3.8) is 0 Å². The standard InChI is InChI=1S/C34H47N2O6P/c1-2-3-4-5-6-9-14-29-19-21-30(22-20-29)23-24-34(35,27-37)28-41-43(39,42-32-17-12-8-13-18-32)36-25-33(38)40-26-31-15-10-7-11-16-31/h7-8,10-13,15-22,37H,2-6,9,14,23-28,35H2,1H3,(H,36,39). The molecule has 8 nitrogen and oxygen atoms in total. The third kappa shape index (κ3) is 13.5. The molecule has 0 aromatic heterocycles. The van der Waals surface area contributed by atoms with Crippen molar-refractivity contribution >= 4 is 13.7 Å². The average molecular weight is 611 g/mol. The van der Waals surface area contributed by atoms with Crippen LogP contribution >= 0.6 is 7.75 Å². The molecule has 0 bridgehead atoms. The Morgan fingerprint density at radius 3 is 2.09 bits per heavy atom. The van der Waals surface area contributed by atoms with Gasteiger partial charge in [0, 0.05) is 0 Å². The first kappa shape index (κ1) is 34.5. The minimum atomic E-state index is -4.06. The van der Waals surface area contributed by atoms with Crippen molar-refractivity contribution in [2.45, 2.75) is 76.9 Å². The van der Waals surface area contributed by atoms with E-state index in [-0.39, 0.29) is 19.8 Å². The summed E-state index contributed by atoms with van der Waals surface area (Å²) < 4.78 is 30.4. The van der Waals surface area contributed by atoms with Crippen LogP contribution in [0.25, 0.3) is 0 Å². The zero-order valence-corrected chi connectivity index (χ0v) is 26.2. The maximum absolute atomic E-state index is 13.7. The fourth-order valence-electron chi connectivity index (χ4n) is 4.46. The van der Waals surface area contributed by atoms with Crippen LogP contribution in [0, 0.1) is 0 Å². The van der Waals surface area contributed by atoms with Crippen LogP contribution in [0.2, 0.25) is 0 Å². The number of esters is 1. The van der Waals surface area contributed by atoms with Gasteiger partial charge in [0.1, 0.15) is 18.9 Å². The van der Waals surface area contributed by atoms with Gasteiger partial charge < -0.3 is 20.1 Å². The Morgan fingerprint density at radius 2 is 1.44 bits per heavy atom. The Bertz CT molecular complexity index is 1240. The molecule has 2 atom stereocenters. The van der Waals surface area contributed by atoms with E-state index < -0.39 is 25.8 Å². The topological polar surface area (TPSA) is 120 Å². The van der Waals surface area contributed by atoms with E-state index in [1.54, 1.807) is 30.3 Å². The number of nitrogens with one attached hydrogen (secondary N) is 1. The highest BCUT2D eigenvalue weighted by atomic mass is 31.2. The quantitative estimate of drug-likeness (QED) is 0.0689. The predicted octanol–water partition coefficient (Wildman–Crippen LogP) is 6.75. The first-order valence-electron chi connectivity index (χ1n) is 15.2. The molecule has 0 saturated carbocycles. The van der Waals surface area contributed by atoms with Crippen LogP contribution in [0.15, 0.2) is 84.9 Å². The van der Waals surface area contributed by atoms with Gasteiger partial charge in [0.05, 0.1) is 18.8 Å². The van der Waals surface area contributed by atoms with Gasteiger partial charge in [-0.15, -0.1) is 0 Å². The third-order valence-electron chi connectivity index (χ3n) is 7.22. The molecule has 0 radical (unpaired) electrons. The number of nitrogens with two attached hydrogens (primary N) is 1. The number of carbonyl (C=O) groups is 1. The summed E-state index contributed by atoms with van der Waals surface area (Å²) in [5.41, 5.74) is 8.55. The van der Waals surface area contributed by atoms with Crippen molar-refractivity contribution in [2.75, 3.05) is 19.8 Å². The normalized spacial score (nSPS) is 14.0. The molecule has 0 aliphatic heterocycles. The molecule has 234 valence electrons. The number of unbranched alkanes of at least 4 members (excludes halogenated alkanes) is 5. The van der Waals surface area contributed by atoms with Crippen molar-refractivity contribution in [1.29, 1.82) is 0 Å². The van der Waals surface area contributed by atoms with Gasteiger partial charge in [0.2, 0.25) is 0 Å². The second-order valence-electron chi connectivity index (χ2n) is 11.0. The lowest BCUT2D eigenvalue weighted by molar-refractivity contribution is -0.143. The van der Waals surface area contributed by atoms with Crippen LogP contribution in [0.4, 0.5) is 0 Å². The third-order valence-corrected chi connectivity index (χ3v) is 8.68. The van der Waals surface area contributed by atoms with E-state index in [1.165, 1.54) is 44.1 Å². The number of aryl methyl sites for hydroxylation is 2. The number of ether oxygens (including phenoxy) is 1. The molecule has 0 aliphatic carbocycles. The van der Waals surface area contributed by atoms with Crippen molar-refractivity contribution in [2.24, 2.45) is 5.73 Å². The Hall–Kier alpha value is -3.00. The Labute approximate surface area is 256 Å². The fraction of sp³-hybridized carbons (Fsp3) is 0.441. The minimum absolute atomic E-state index is 0.0858. The molecular weight excluding hydrogens is 563 g/mol. The van der Waals surface area contributed by atoms with Crippen molar-refractivity contribution in [1.82, 2.24) is 5.09 Å². The molecule has 43 heavy (non-hydrogen) atoms. The van der Waals surface area contributed by atoms with E-state index in [0.29, 0.717) is 18.6 Å². The number of carbonyl (C=O) groups excluding carboxylic acids is 1. The molecule has 4 N–H and O–H groups in total. The molecule has 0 fully saturated rings. The van der Waals surface area contributed by atoms with Crippen LogP contribution in [0.1, 0.15) is 68.6 Å². The van der Waals surface area contributed by atoms with E-state index >= 15 is 0 Å². The zero-order chi connectivity index (χ0) is 30.8. The molecule has 9 heteroatoms. The Morgan fingerprint density at radius 1 is 0.837 bits per heavy atom. The molecule has 0 spiro atoms. The van der Waals surface area contributed by atoms with Crippen LogP contribution in [0.3, 0.4) is 0 Å². The van der Waals surface area contributed by atoms with Gasteiger partial charge in [0.25, 0.3) is 0 Å². The highest BCUT2D eigenvalue weighted by Crippen LogP contribution is 2.44. The molecule has 2 unspecified atom stereocenters. The summed E-state index contributed by atoms with van der Waals surface area (Å²) >= 11 is 0. The van der Waals surface area contributed by atoms with Gasteiger partial charge in [-0.05, 0) is 54.5 Å².